The average molecular weight is 379 g/mol. The van der Waals surface area contributed by atoms with Crippen molar-refractivity contribution in [3.63, 3.8) is 0 Å². The summed E-state index contributed by atoms with van der Waals surface area (Å²) in [6.07, 6.45) is 1.36. The number of halogens is 1. The van der Waals surface area contributed by atoms with Gasteiger partial charge in [-0.1, -0.05) is 0 Å². The van der Waals surface area contributed by atoms with Gasteiger partial charge in [0.1, 0.15) is 19.0 Å². The van der Waals surface area contributed by atoms with Crippen molar-refractivity contribution in [2.45, 2.75) is 0 Å². The largest absolute Gasteiger partial charge is 0.507 e. The highest BCUT2D eigenvalue weighted by molar-refractivity contribution is 9.10. The van der Waals surface area contributed by atoms with E-state index in [1.165, 1.54) is 24.4 Å². The first-order valence-corrected chi connectivity index (χ1v) is 7.44. The fourth-order valence-electron chi connectivity index (χ4n) is 2.05. The Balaban J connectivity index is 1.94. The first-order valence-electron chi connectivity index (χ1n) is 6.65. The van der Waals surface area contributed by atoms with E-state index in [-0.39, 0.29) is 17.0 Å². The van der Waals surface area contributed by atoms with Crippen LogP contribution in [0.2, 0.25) is 0 Å². The van der Waals surface area contributed by atoms with E-state index < -0.39 is 4.92 Å². The molecule has 0 aliphatic carbocycles. The van der Waals surface area contributed by atoms with Crippen LogP contribution in [0, 0.1) is 10.1 Å². The third kappa shape index (κ3) is 3.26. The minimum atomic E-state index is -0.531. The molecule has 0 fully saturated rings. The molecule has 118 valence electrons. The molecular formula is C15H11BrN2O5. The monoisotopic (exact) mass is 378 g/mol. The molecule has 1 heterocycles. The highest BCUT2D eigenvalue weighted by atomic mass is 79.9. The molecule has 7 nitrogen and oxygen atoms in total. The summed E-state index contributed by atoms with van der Waals surface area (Å²) in [5.74, 6) is 1.11. The van der Waals surface area contributed by atoms with Crippen molar-refractivity contribution < 1.29 is 19.5 Å². The molecule has 0 radical (unpaired) electrons. The Bertz CT molecular complexity index is 807. The molecule has 2 aromatic carbocycles. The predicted molar refractivity (Wildman–Crippen MR) is 87.1 cm³/mol. The Morgan fingerprint density at radius 1 is 1.22 bits per heavy atom. The lowest BCUT2D eigenvalue weighted by Crippen LogP contribution is -2.15. The third-order valence-electron chi connectivity index (χ3n) is 3.18. The van der Waals surface area contributed by atoms with Gasteiger partial charge in [-0.3, -0.25) is 15.1 Å². The summed E-state index contributed by atoms with van der Waals surface area (Å²) in [7, 11) is 0. The first-order chi connectivity index (χ1) is 11.0. The van der Waals surface area contributed by atoms with Crippen molar-refractivity contribution in [1.29, 1.82) is 0 Å². The summed E-state index contributed by atoms with van der Waals surface area (Å²) in [5, 5.41) is 20.6. The third-order valence-corrected chi connectivity index (χ3v) is 3.81. The number of nitrogens with zero attached hydrogens (tertiary/aromatic N) is 2. The number of rotatable bonds is 3. The van der Waals surface area contributed by atoms with Gasteiger partial charge in [0, 0.05) is 40.5 Å². The molecule has 3 rings (SSSR count). The predicted octanol–water partition coefficient (Wildman–Crippen LogP) is 3.58. The van der Waals surface area contributed by atoms with Gasteiger partial charge < -0.3 is 14.6 Å². The topological polar surface area (TPSA) is 94.2 Å². The van der Waals surface area contributed by atoms with Gasteiger partial charge in [-0.25, -0.2) is 0 Å². The van der Waals surface area contributed by atoms with Crippen molar-refractivity contribution in [1.82, 2.24) is 0 Å². The van der Waals surface area contributed by atoms with Gasteiger partial charge in [-0.15, -0.1) is 0 Å². The van der Waals surface area contributed by atoms with E-state index in [0.29, 0.717) is 34.9 Å². The van der Waals surface area contributed by atoms with E-state index >= 15 is 0 Å². The van der Waals surface area contributed by atoms with Gasteiger partial charge in [0.15, 0.2) is 11.5 Å². The summed E-state index contributed by atoms with van der Waals surface area (Å²) in [5.41, 5.74) is 0.687. The second-order valence-electron chi connectivity index (χ2n) is 4.71. The van der Waals surface area contributed by atoms with Crippen LogP contribution < -0.4 is 9.47 Å². The number of nitro benzene ring substituents is 1. The number of hydrogen-bond acceptors (Lipinski definition) is 6. The smallest absolute Gasteiger partial charge is 0.270 e. The lowest BCUT2D eigenvalue weighted by molar-refractivity contribution is -0.384. The Morgan fingerprint density at radius 2 is 1.91 bits per heavy atom. The highest BCUT2D eigenvalue weighted by Crippen LogP contribution is 2.39. The number of phenolic OH excluding ortho intramolecular Hbond substituents is 1. The average Bonchev–Trinajstić information content (AvgIpc) is 2.54. The zero-order chi connectivity index (χ0) is 16.4. The van der Waals surface area contributed by atoms with Crippen molar-refractivity contribution in [3.8, 4) is 17.2 Å². The summed E-state index contributed by atoms with van der Waals surface area (Å²) in [4.78, 5) is 14.5. The fraction of sp³-hybridized carbons (Fsp3) is 0.133. The normalized spacial score (nSPS) is 13.3. The van der Waals surface area contributed by atoms with Gasteiger partial charge in [-0.2, -0.15) is 0 Å². The number of phenols is 1. The molecule has 1 N–H and O–H groups in total. The number of non-ortho nitro benzene ring substituents is 1. The van der Waals surface area contributed by atoms with Crippen molar-refractivity contribution in [3.05, 3.63) is 50.5 Å². The second kappa shape index (κ2) is 6.25. The number of aliphatic imine (C=N–C) groups is 1. The minimum absolute atomic E-state index is 0.0898. The molecule has 8 heteroatoms. The summed E-state index contributed by atoms with van der Waals surface area (Å²) < 4.78 is 11.6. The molecule has 0 saturated heterocycles. The van der Waals surface area contributed by atoms with Gasteiger partial charge in [-0.05, 0) is 22.0 Å². The van der Waals surface area contributed by atoms with Crippen LogP contribution in [0.4, 0.5) is 11.4 Å². The Kier molecular flexibility index (Phi) is 4.16. The standard InChI is InChI=1S/C15H11BrN2O5/c16-11-6-14-15(23-4-3-22-14)7-12(11)17-8-9-5-10(18(20)21)1-2-13(9)19/h1-2,5-8,19H,3-4H2. The number of benzene rings is 2. The maximum absolute atomic E-state index is 10.8. The second-order valence-corrected chi connectivity index (χ2v) is 5.56. The molecule has 2 aromatic rings. The van der Waals surface area contributed by atoms with Crippen LogP contribution in [0.15, 0.2) is 39.8 Å². The van der Waals surface area contributed by atoms with E-state index in [0.717, 1.165) is 0 Å². The lowest BCUT2D eigenvalue weighted by atomic mass is 10.2. The van der Waals surface area contributed by atoms with Crippen molar-refractivity contribution >= 4 is 33.5 Å². The van der Waals surface area contributed by atoms with Gasteiger partial charge >= 0.3 is 0 Å². The van der Waals surface area contributed by atoms with Crippen LogP contribution in [0.5, 0.6) is 17.2 Å². The Morgan fingerprint density at radius 3 is 2.61 bits per heavy atom. The quantitative estimate of drug-likeness (QED) is 0.500. The van der Waals surface area contributed by atoms with Crippen molar-refractivity contribution in [2.75, 3.05) is 13.2 Å². The summed E-state index contributed by atoms with van der Waals surface area (Å²) in [6, 6.07) is 7.19. The fourth-order valence-corrected chi connectivity index (χ4v) is 2.47. The maximum atomic E-state index is 10.8. The van der Waals surface area contributed by atoms with E-state index in [4.69, 9.17) is 9.47 Å². The van der Waals surface area contributed by atoms with Crippen LogP contribution in [-0.2, 0) is 0 Å². The number of ether oxygens (including phenoxy) is 2. The molecule has 0 spiro atoms. The summed E-state index contributed by atoms with van der Waals surface area (Å²) >= 11 is 3.39. The Labute approximate surface area is 139 Å². The van der Waals surface area contributed by atoms with E-state index in [9.17, 15) is 15.2 Å². The first kappa shape index (κ1) is 15.3. The molecule has 0 saturated carbocycles. The molecule has 0 unspecified atom stereocenters. The van der Waals surface area contributed by atoms with Gasteiger partial charge in [0.25, 0.3) is 5.69 Å². The van der Waals surface area contributed by atoms with Crippen LogP contribution in [0.25, 0.3) is 0 Å². The minimum Gasteiger partial charge on any atom is -0.507 e. The van der Waals surface area contributed by atoms with Gasteiger partial charge in [0.05, 0.1) is 10.6 Å². The lowest BCUT2D eigenvalue weighted by Gasteiger charge is -2.18. The molecule has 0 atom stereocenters. The highest BCUT2D eigenvalue weighted by Gasteiger charge is 2.15. The van der Waals surface area contributed by atoms with Gasteiger partial charge in [0.2, 0.25) is 0 Å². The van der Waals surface area contributed by atoms with Crippen LogP contribution >= 0.6 is 15.9 Å². The number of aromatic hydroxyl groups is 1. The zero-order valence-electron chi connectivity index (χ0n) is 11.7. The van der Waals surface area contributed by atoms with Crippen LogP contribution in [0.3, 0.4) is 0 Å². The van der Waals surface area contributed by atoms with Crippen LogP contribution in [-0.4, -0.2) is 29.5 Å². The van der Waals surface area contributed by atoms with E-state index in [1.54, 1.807) is 12.1 Å². The molecule has 23 heavy (non-hydrogen) atoms. The maximum Gasteiger partial charge on any atom is 0.270 e. The number of hydrogen-bond donors (Lipinski definition) is 1. The van der Waals surface area contributed by atoms with Crippen molar-refractivity contribution in [2.24, 2.45) is 4.99 Å². The molecule has 0 amide bonds. The number of nitro groups is 1. The molecular weight excluding hydrogens is 368 g/mol. The molecule has 1 aliphatic heterocycles. The van der Waals surface area contributed by atoms with E-state index in [1.807, 2.05) is 0 Å². The zero-order valence-corrected chi connectivity index (χ0v) is 13.3. The number of fused-ring (bicyclic) bond motifs is 1. The van der Waals surface area contributed by atoms with E-state index in [2.05, 4.69) is 20.9 Å². The summed E-state index contributed by atoms with van der Waals surface area (Å²) in [6.45, 7) is 0.951. The SMILES string of the molecule is O=[N+]([O-])c1ccc(O)c(C=Nc2cc3c(cc2Br)OCCO3)c1. The molecule has 0 bridgehead atoms. The molecule has 0 aromatic heterocycles. The van der Waals surface area contributed by atoms with Crippen LogP contribution in [0.1, 0.15) is 5.56 Å². The Hall–Kier alpha value is -2.61. The molecule has 1 aliphatic rings.